The molecule has 3 aromatic heterocycles. The van der Waals surface area contributed by atoms with Gasteiger partial charge in [0.25, 0.3) is 5.91 Å². The molecule has 0 bridgehead atoms. The van der Waals surface area contributed by atoms with Crippen molar-refractivity contribution in [3.63, 3.8) is 0 Å². The minimum absolute atomic E-state index is 0.00994. The maximum Gasteiger partial charge on any atom is 0.303 e. The number of pyridine rings is 2. The lowest BCUT2D eigenvalue weighted by Gasteiger charge is -2.22. The number of carboxylic acid groups (broad SMARTS) is 1. The number of nitrogens with one attached hydrogen (secondary N) is 3. The lowest BCUT2D eigenvalue weighted by atomic mass is 9.93. The van der Waals surface area contributed by atoms with Crippen LogP contribution in [-0.2, 0) is 9.59 Å². The summed E-state index contributed by atoms with van der Waals surface area (Å²) in [7, 11) is 1.60. The lowest BCUT2D eigenvalue weighted by Crippen LogP contribution is -2.22. The van der Waals surface area contributed by atoms with E-state index in [0.717, 1.165) is 22.0 Å². The van der Waals surface area contributed by atoms with Crippen LogP contribution in [0, 0.1) is 0 Å². The first-order valence-electron chi connectivity index (χ1n) is 12.6. The molecule has 12 heteroatoms. The Bertz CT molecular complexity index is 1530. The predicted octanol–water partition coefficient (Wildman–Crippen LogP) is 3.76. The first-order chi connectivity index (χ1) is 19.3. The summed E-state index contributed by atoms with van der Waals surface area (Å²) in [6, 6.07) is 12.7. The summed E-state index contributed by atoms with van der Waals surface area (Å²) in [6.45, 7) is 2.58. The number of anilines is 2. The van der Waals surface area contributed by atoms with E-state index in [0.29, 0.717) is 29.4 Å². The third kappa shape index (κ3) is 6.89. The third-order valence-electron chi connectivity index (χ3n) is 6.39. The molecule has 11 nitrogen and oxygen atoms in total. The molecular weight excluding hydrogens is 530 g/mol. The average Bonchev–Trinajstić information content (AvgIpc) is 2.98. The molecule has 0 radical (unpaired) electrons. The van der Waals surface area contributed by atoms with E-state index in [1.54, 1.807) is 43.7 Å². The first kappa shape index (κ1) is 28.4. The maximum atomic E-state index is 12.3. The zero-order valence-corrected chi connectivity index (χ0v) is 22.9. The number of aliphatic carboxylic acids is 1. The highest BCUT2D eigenvalue weighted by molar-refractivity contribution is 7.81. The monoisotopic (exact) mass is 559 g/mol. The Balaban J connectivity index is 1.41. The minimum atomic E-state index is -1.03. The number of carboxylic acids is 1. The number of para-hydroxylation sites is 1. The molecule has 0 saturated heterocycles. The van der Waals surface area contributed by atoms with E-state index in [4.69, 9.17) is 17.7 Å². The molecule has 0 aliphatic carbocycles. The number of hydrogen-bond donors (Lipinski definition) is 5. The molecule has 1 aromatic carbocycles. The van der Waals surface area contributed by atoms with Crippen LogP contribution < -0.4 is 16.0 Å². The number of hydrogen-bond acceptors (Lipinski definition) is 9. The van der Waals surface area contributed by atoms with E-state index < -0.39 is 11.9 Å². The summed E-state index contributed by atoms with van der Waals surface area (Å²) in [5.74, 6) is -0.670. The molecule has 206 valence electrons. The number of amides is 2. The van der Waals surface area contributed by atoms with Crippen molar-refractivity contribution < 1.29 is 19.5 Å². The molecule has 40 heavy (non-hydrogen) atoms. The number of benzene rings is 1. The number of thiol groups is 1. The highest BCUT2D eigenvalue weighted by Gasteiger charge is 2.20. The second kappa shape index (κ2) is 13.0. The topological polar surface area (TPSA) is 159 Å². The fraction of sp³-hybridized carbons (Fsp3) is 0.250. The van der Waals surface area contributed by atoms with E-state index in [1.165, 1.54) is 6.33 Å². The Morgan fingerprint density at radius 1 is 1.00 bits per heavy atom. The van der Waals surface area contributed by atoms with Crippen LogP contribution in [0.25, 0.3) is 22.2 Å². The summed E-state index contributed by atoms with van der Waals surface area (Å²) < 4.78 is 0. The number of fused-ring (bicyclic) bond motifs is 1. The summed E-state index contributed by atoms with van der Waals surface area (Å²) >= 11 is 4.85. The van der Waals surface area contributed by atoms with Gasteiger partial charge >= 0.3 is 5.97 Å². The fourth-order valence-corrected chi connectivity index (χ4v) is 4.40. The van der Waals surface area contributed by atoms with Gasteiger partial charge in [0.2, 0.25) is 5.91 Å². The van der Waals surface area contributed by atoms with Gasteiger partial charge in [0, 0.05) is 54.7 Å². The molecule has 3 heterocycles. The smallest absolute Gasteiger partial charge is 0.303 e. The highest BCUT2D eigenvalue weighted by Crippen LogP contribution is 2.30. The Morgan fingerprint density at radius 3 is 2.55 bits per heavy atom. The summed E-state index contributed by atoms with van der Waals surface area (Å²) in [5, 5.41) is 18.0. The van der Waals surface area contributed by atoms with Gasteiger partial charge in [-0.15, -0.1) is 0 Å². The second-order valence-electron chi connectivity index (χ2n) is 9.08. The van der Waals surface area contributed by atoms with Gasteiger partial charge in [-0.05, 0) is 29.7 Å². The normalized spacial score (nSPS) is 12.4. The zero-order valence-electron chi connectivity index (χ0n) is 22.0. The SMILES string of the molecule is CNC(=O)c1ccnc2c([C@H](C)C(S)CNc3cc(-c4ccc(NC(=O)CCC(=O)O)nc4)ncn3)cccc12. The zero-order chi connectivity index (χ0) is 28.6. The van der Waals surface area contributed by atoms with Crippen LogP contribution in [0.1, 0.15) is 41.6 Å². The van der Waals surface area contributed by atoms with E-state index in [1.807, 2.05) is 18.2 Å². The predicted molar refractivity (Wildman–Crippen MR) is 156 cm³/mol. The molecule has 0 aliphatic heterocycles. The van der Waals surface area contributed by atoms with Crippen LogP contribution in [0.4, 0.5) is 11.6 Å². The third-order valence-corrected chi connectivity index (χ3v) is 7.02. The number of carbonyl (C=O) groups is 3. The quantitative estimate of drug-likeness (QED) is 0.172. The van der Waals surface area contributed by atoms with Crippen LogP contribution in [0.5, 0.6) is 0 Å². The van der Waals surface area contributed by atoms with Gasteiger partial charge in [0.1, 0.15) is 18.0 Å². The van der Waals surface area contributed by atoms with Crippen LogP contribution in [0.3, 0.4) is 0 Å². The minimum Gasteiger partial charge on any atom is -0.481 e. The summed E-state index contributed by atoms with van der Waals surface area (Å²) in [5.41, 5.74) is 3.70. The number of nitrogens with zero attached hydrogens (tertiary/aromatic N) is 4. The van der Waals surface area contributed by atoms with E-state index in [9.17, 15) is 14.4 Å². The van der Waals surface area contributed by atoms with Crippen molar-refractivity contribution in [2.45, 2.75) is 30.9 Å². The van der Waals surface area contributed by atoms with Crippen LogP contribution in [-0.4, -0.2) is 61.7 Å². The number of carbonyl (C=O) groups excluding carboxylic acids is 2. The molecule has 0 saturated carbocycles. The van der Waals surface area contributed by atoms with Gasteiger partial charge in [-0.2, -0.15) is 12.6 Å². The summed E-state index contributed by atoms with van der Waals surface area (Å²) in [6.07, 6.45) is 4.29. The van der Waals surface area contributed by atoms with E-state index >= 15 is 0 Å². The van der Waals surface area contributed by atoms with Gasteiger partial charge in [-0.3, -0.25) is 19.4 Å². The van der Waals surface area contributed by atoms with Gasteiger partial charge < -0.3 is 21.1 Å². The lowest BCUT2D eigenvalue weighted by molar-refractivity contribution is -0.138. The Kier molecular flexibility index (Phi) is 9.23. The van der Waals surface area contributed by atoms with E-state index in [2.05, 4.69) is 42.8 Å². The van der Waals surface area contributed by atoms with Crippen molar-refractivity contribution in [2.24, 2.45) is 0 Å². The van der Waals surface area contributed by atoms with Crippen molar-refractivity contribution in [3.8, 4) is 11.3 Å². The molecule has 4 N–H and O–H groups in total. The average molecular weight is 560 g/mol. The number of aromatic nitrogens is 4. The summed E-state index contributed by atoms with van der Waals surface area (Å²) in [4.78, 5) is 52.2. The van der Waals surface area contributed by atoms with E-state index in [-0.39, 0.29) is 29.9 Å². The second-order valence-corrected chi connectivity index (χ2v) is 9.74. The Hall–Kier alpha value is -4.58. The van der Waals surface area contributed by atoms with Gasteiger partial charge in [-0.1, -0.05) is 25.1 Å². The molecule has 2 amide bonds. The van der Waals surface area contributed by atoms with Crippen molar-refractivity contribution in [1.29, 1.82) is 0 Å². The van der Waals surface area contributed by atoms with Crippen LogP contribution in [0.15, 0.2) is 61.2 Å². The highest BCUT2D eigenvalue weighted by atomic mass is 32.1. The molecule has 4 rings (SSSR count). The molecule has 0 fully saturated rings. The Morgan fingerprint density at radius 2 is 1.82 bits per heavy atom. The molecule has 0 spiro atoms. The van der Waals surface area contributed by atoms with Crippen LogP contribution >= 0.6 is 12.6 Å². The van der Waals surface area contributed by atoms with Gasteiger partial charge in [0.05, 0.1) is 23.2 Å². The molecule has 1 unspecified atom stereocenters. The molecule has 2 atom stereocenters. The number of rotatable bonds is 11. The van der Waals surface area contributed by atoms with Crippen molar-refractivity contribution in [1.82, 2.24) is 25.3 Å². The molecule has 4 aromatic rings. The van der Waals surface area contributed by atoms with Gasteiger partial charge in [0.15, 0.2) is 0 Å². The molecule has 0 aliphatic rings. The first-order valence-corrected chi connectivity index (χ1v) is 13.1. The largest absolute Gasteiger partial charge is 0.481 e. The maximum absolute atomic E-state index is 12.3. The van der Waals surface area contributed by atoms with Gasteiger partial charge in [-0.25, -0.2) is 15.0 Å². The fourth-order valence-electron chi connectivity index (χ4n) is 4.15. The Labute approximate surface area is 236 Å². The van der Waals surface area contributed by atoms with Crippen molar-refractivity contribution >= 4 is 53.0 Å². The van der Waals surface area contributed by atoms with Crippen molar-refractivity contribution in [3.05, 3.63) is 72.3 Å². The standard InChI is InChI=1S/C28H29N7O4S/c1-16(18-4-3-5-19-20(28(39)29-2)10-11-30-27(18)19)22(40)14-32-24-12-21(33-15-34-24)17-6-7-23(31-13-17)35-25(36)8-9-26(37)38/h3-7,10-13,15-16,22,40H,8-9,14H2,1-2H3,(H,29,39)(H,37,38)(H,31,35,36)(H,32,33,34)/t16-,22?/m0/s1. The van der Waals surface area contributed by atoms with Crippen LogP contribution in [0.2, 0.25) is 0 Å². The van der Waals surface area contributed by atoms with Crippen molar-refractivity contribution in [2.75, 3.05) is 24.2 Å². The molecular formula is C28H29N7O4S.